The SMILES string of the molecule is COc1ccc(-c2cn(C[C@H]3C[C@@H]4CC[NH+]3C[C@@H]4C(=O)NCc3ccco3)nn2)cc1. The molecule has 1 unspecified atom stereocenters. The van der Waals surface area contributed by atoms with Crippen molar-refractivity contribution in [1.29, 1.82) is 0 Å². The maximum absolute atomic E-state index is 12.8. The van der Waals surface area contributed by atoms with Crippen molar-refractivity contribution in [2.75, 3.05) is 20.2 Å². The molecule has 3 aliphatic heterocycles. The molecule has 1 amide bonds. The predicted molar refractivity (Wildman–Crippen MR) is 113 cm³/mol. The molecule has 8 nitrogen and oxygen atoms in total. The highest BCUT2D eigenvalue weighted by atomic mass is 16.5. The van der Waals surface area contributed by atoms with E-state index in [1.165, 1.54) is 4.90 Å². The fourth-order valence-electron chi connectivity index (χ4n) is 5.04. The van der Waals surface area contributed by atoms with Crippen molar-refractivity contribution in [3.05, 3.63) is 54.6 Å². The van der Waals surface area contributed by atoms with E-state index < -0.39 is 0 Å². The Hall–Kier alpha value is -3.13. The van der Waals surface area contributed by atoms with Gasteiger partial charge in [-0.1, -0.05) is 5.21 Å². The van der Waals surface area contributed by atoms with Crippen LogP contribution in [0.3, 0.4) is 0 Å². The molecule has 2 aromatic heterocycles. The number of benzene rings is 1. The van der Waals surface area contributed by atoms with Gasteiger partial charge in [0.25, 0.3) is 0 Å². The van der Waals surface area contributed by atoms with E-state index >= 15 is 0 Å². The van der Waals surface area contributed by atoms with Gasteiger partial charge in [-0.05, 0) is 42.3 Å². The molecule has 2 N–H and O–H groups in total. The molecule has 1 aromatic carbocycles. The first-order valence-corrected chi connectivity index (χ1v) is 10.9. The van der Waals surface area contributed by atoms with Crippen molar-refractivity contribution in [2.24, 2.45) is 11.8 Å². The maximum Gasteiger partial charge on any atom is 0.229 e. The molecule has 31 heavy (non-hydrogen) atoms. The second-order valence-corrected chi connectivity index (χ2v) is 8.55. The molecule has 0 spiro atoms. The number of piperidine rings is 3. The number of rotatable bonds is 7. The predicted octanol–water partition coefficient (Wildman–Crippen LogP) is 1.16. The van der Waals surface area contributed by atoms with Gasteiger partial charge in [0.1, 0.15) is 23.2 Å². The number of hydrogen-bond donors (Lipinski definition) is 2. The van der Waals surface area contributed by atoms with E-state index in [1.807, 2.05) is 47.3 Å². The first-order valence-electron chi connectivity index (χ1n) is 10.9. The minimum atomic E-state index is 0.0839. The van der Waals surface area contributed by atoms with Crippen LogP contribution in [-0.4, -0.2) is 47.1 Å². The minimum Gasteiger partial charge on any atom is -0.497 e. The number of aromatic nitrogens is 3. The Morgan fingerprint density at radius 3 is 2.90 bits per heavy atom. The Morgan fingerprint density at radius 1 is 1.32 bits per heavy atom. The van der Waals surface area contributed by atoms with Gasteiger partial charge >= 0.3 is 0 Å². The van der Waals surface area contributed by atoms with Crippen LogP contribution in [-0.2, 0) is 17.9 Å². The highest BCUT2D eigenvalue weighted by molar-refractivity contribution is 5.79. The molecular weight excluding hydrogens is 394 g/mol. The van der Waals surface area contributed by atoms with Crippen molar-refractivity contribution in [1.82, 2.24) is 20.3 Å². The molecule has 8 heteroatoms. The Balaban J connectivity index is 1.19. The van der Waals surface area contributed by atoms with Crippen molar-refractivity contribution in [3.63, 3.8) is 0 Å². The van der Waals surface area contributed by atoms with Gasteiger partial charge in [0.15, 0.2) is 0 Å². The molecule has 6 rings (SSSR count). The molecule has 3 aromatic rings. The first kappa shape index (κ1) is 19.8. The van der Waals surface area contributed by atoms with Gasteiger partial charge in [-0.2, -0.15) is 0 Å². The number of fused-ring (bicyclic) bond motifs is 3. The Labute approximate surface area is 181 Å². The van der Waals surface area contributed by atoms with E-state index in [-0.39, 0.29) is 11.8 Å². The molecule has 0 radical (unpaired) electrons. The van der Waals surface area contributed by atoms with Gasteiger partial charge in [0.05, 0.1) is 51.7 Å². The number of nitrogens with one attached hydrogen (secondary N) is 2. The van der Waals surface area contributed by atoms with Crippen LogP contribution in [0.1, 0.15) is 18.6 Å². The summed E-state index contributed by atoms with van der Waals surface area (Å²) in [5.41, 5.74) is 1.89. The number of hydrogen-bond acceptors (Lipinski definition) is 5. The van der Waals surface area contributed by atoms with Gasteiger partial charge in [-0.25, -0.2) is 4.68 Å². The van der Waals surface area contributed by atoms with Crippen LogP contribution < -0.4 is 15.0 Å². The van der Waals surface area contributed by atoms with Crippen LogP contribution in [0.15, 0.2) is 53.3 Å². The van der Waals surface area contributed by atoms with Crippen molar-refractivity contribution in [2.45, 2.75) is 32.0 Å². The van der Waals surface area contributed by atoms with Crippen LogP contribution in [0.2, 0.25) is 0 Å². The van der Waals surface area contributed by atoms with Crippen molar-refractivity contribution in [3.8, 4) is 17.0 Å². The van der Waals surface area contributed by atoms with E-state index in [1.54, 1.807) is 13.4 Å². The lowest BCUT2D eigenvalue weighted by Crippen LogP contribution is -3.20. The number of methoxy groups -OCH3 is 1. The number of nitrogens with zero attached hydrogens (tertiary/aromatic N) is 3. The summed E-state index contributed by atoms with van der Waals surface area (Å²) < 4.78 is 12.5. The number of carbonyl (C=O) groups is 1. The van der Waals surface area contributed by atoms with Crippen molar-refractivity contribution < 1.29 is 18.8 Å². The summed E-state index contributed by atoms with van der Waals surface area (Å²) in [6.07, 6.45) is 5.80. The van der Waals surface area contributed by atoms with Gasteiger partial charge in [-0.3, -0.25) is 4.79 Å². The Kier molecular flexibility index (Phi) is 5.46. The average molecular weight is 423 g/mol. The molecule has 0 saturated carbocycles. The van der Waals surface area contributed by atoms with Crippen LogP contribution >= 0.6 is 0 Å². The highest BCUT2D eigenvalue weighted by Gasteiger charge is 2.46. The van der Waals surface area contributed by atoms with Crippen LogP contribution in [0, 0.1) is 11.8 Å². The molecule has 3 saturated heterocycles. The minimum absolute atomic E-state index is 0.0839. The Morgan fingerprint density at radius 2 is 2.19 bits per heavy atom. The molecular formula is C23H28N5O3+. The zero-order valence-electron chi connectivity index (χ0n) is 17.7. The maximum atomic E-state index is 12.8. The number of amides is 1. The van der Waals surface area contributed by atoms with E-state index in [9.17, 15) is 4.79 Å². The number of quaternary nitrogens is 1. The van der Waals surface area contributed by atoms with E-state index in [4.69, 9.17) is 9.15 Å². The average Bonchev–Trinajstić information content (AvgIpc) is 3.50. The monoisotopic (exact) mass is 422 g/mol. The van der Waals surface area contributed by atoms with Gasteiger partial charge in [0, 0.05) is 18.4 Å². The van der Waals surface area contributed by atoms with E-state index in [2.05, 4.69) is 15.6 Å². The van der Waals surface area contributed by atoms with Gasteiger partial charge < -0.3 is 19.4 Å². The van der Waals surface area contributed by atoms with Crippen LogP contribution in [0.25, 0.3) is 11.3 Å². The third kappa shape index (κ3) is 4.20. The van der Waals surface area contributed by atoms with Gasteiger partial charge in [0.2, 0.25) is 5.91 Å². The zero-order chi connectivity index (χ0) is 21.2. The summed E-state index contributed by atoms with van der Waals surface area (Å²) in [4.78, 5) is 14.3. The third-order valence-corrected chi connectivity index (χ3v) is 6.74. The zero-order valence-corrected chi connectivity index (χ0v) is 17.7. The van der Waals surface area contributed by atoms with E-state index in [0.717, 1.165) is 55.2 Å². The quantitative estimate of drug-likeness (QED) is 0.597. The number of ether oxygens (including phenoxy) is 1. The summed E-state index contributed by atoms with van der Waals surface area (Å²) in [7, 11) is 1.66. The van der Waals surface area contributed by atoms with Gasteiger partial charge in [-0.15, -0.1) is 5.10 Å². The summed E-state index contributed by atoms with van der Waals surface area (Å²) in [5, 5.41) is 11.8. The second kappa shape index (κ2) is 8.55. The Bertz CT molecular complexity index is 1010. The largest absolute Gasteiger partial charge is 0.497 e. The van der Waals surface area contributed by atoms with Crippen molar-refractivity contribution >= 4 is 5.91 Å². The second-order valence-electron chi connectivity index (χ2n) is 8.55. The fourth-order valence-corrected chi connectivity index (χ4v) is 5.04. The topological polar surface area (TPSA) is 86.6 Å². The lowest BCUT2D eigenvalue weighted by Gasteiger charge is -2.46. The lowest BCUT2D eigenvalue weighted by atomic mass is 9.75. The normalized spacial score (nSPS) is 24.8. The molecule has 2 bridgehead atoms. The molecule has 3 aliphatic rings. The number of carbonyl (C=O) groups excluding carboxylic acids is 1. The summed E-state index contributed by atoms with van der Waals surface area (Å²) in [5.74, 6) is 2.29. The standard InChI is InChI=1S/C23H27N5O3/c1-30-19-6-4-16(5-7-19)22-15-28(26-25-22)13-18-11-17-8-9-27(18)14-21(17)23(29)24-12-20-3-2-10-31-20/h2-7,10,15,17-18,21H,8-9,11-14H2,1H3,(H,24,29)/p+1/t17-,18+,21-/m0/s1. The fraction of sp³-hybridized carbons (Fsp3) is 0.435. The van der Waals surface area contributed by atoms with E-state index in [0.29, 0.717) is 18.5 Å². The molecule has 4 atom stereocenters. The summed E-state index contributed by atoms with van der Waals surface area (Å²) in [6, 6.07) is 12.1. The van der Waals surface area contributed by atoms with Crippen LogP contribution in [0.4, 0.5) is 0 Å². The smallest absolute Gasteiger partial charge is 0.229 e. The third-order valence-electron chi connectivity index (χ3n) is 6.74. The summed E-state index contributed by atoms with van der Waals surface area (Å²) >= 11 is 0. The highest BCUT2D eigenvalue weighted by Crippen LogP contribution is 2.28. The molecule has 3 fully saturated rings. The lowest BCUT2D eigenvalue weighted by molar-refractivity contribution is -0.945. The molecule has 162 valence electrons. The first-order chi connectivity index (χ1) is 15.2. The van der Waals surface area contributed by atoms with Crippen LogP contribution in [0.5, 0.6) is 5.75 Å². The molecule has 5 heterocycles. The number of furan rings is 1. The summed E-state index contributed by atoms with van der Waals surface area (Å²) in [6.45, 7) is 3.30. The molecule has 0 aliphatic carbocycles.